The van der Waals surface area contributed by atoms with Crippen LogP contribution in [0.2, 0.25) is 0 Å². The number of nitrogens with zero attached hydrogens (tertiary/aromatic N) is 1. The fraction of sp³-hybridized carbons (Fsp3) is 0.611. The van der Waals surface area contributed by atoms with Gasteiger partial charge in [-0.1, -0.05) is 32.9 Å². The van der Waals surface area contributed by atoms with Crippen LogP contribution in [0.1, 0.15) is 51.2 Å². The zero-order chi connectivity index (χ0) is 14.4. The van der Waals surface area contributed by atoms with Crippen molar-refractivity contribution in [2.75, 3.05) is 0 Å². The third kappa shape index (κ3) is 2.05. The molecule has 0 amide bonds. The molecule has 0 heterocycles. The van der Waals surface area contributed by atoms with Crippen LogP contribution in [0.25, 0.3) is 0 Å². The first-order chi connectivity index (χ1) is 9.45. The molecule has 1 aromatic carbocycles. The molecule has 2 aliphatic carbocycles. The van der Waals surface area contributed by atoms with E-state index in [1.807, 2.05) is 18.2 Å². The number of rotatable bonds is 3. The summed E-state index contributed by atoms with van der Waals surface area (Å²) in [6.07, 6.45) is 4.12. The summed E-state index contributed by atoms with van der Waals surface area (Å²) in [5.41, 5.74) is 2.81. The molecular formula is C18H24N2. The highest BCUT2D eigenvalue weighted by Gasteiger charge is 2.58. The molecule has 2 fully saturated rings. The van der Waals surface area contributed by atoms with E-state index in [-0.39, 0.29) is 0 Å². The van der Waals surface area contributed by atoms with E-state index >= 15 is 0 Å². The van der Waals surface area contributed by atoms with Crippen LogP contribution in [-0.4, -0.2) is 6.04 Å². The molecule has 0 saturated heterocycles. The molecule has 106 valence electrons. The lowest BCUT2D eigenvalue weighted by Crippen LogP contribution is -2.49. The fourth-order valence-corrected chi connectivity index (χ4v) is 4.78. The lowest BCUT2D eigenvalue weighted by atomic mass is 9.68. The maximum absolute atomic E-state index is 8.98. The molecule has 2 aliphatic rings. The lowest BCUT2D eigenvalue weighted by Gasteiger charge is -2.43. The Morgan fingerprint density at radius 3 is 2.80 bits per heavy atom. The number of hydrogen-bond donors (Lipinski definition) is 1. The monoisotopic (exact) mass is 268 g/mol. The second kappa shape index (κ2) is 4.60. The van der Waals surface area contributed by atoms with Crippen LogP contribution in [0.5, 0.6) is 0 Å². The third-order valence-electron chi connectivity index (χ3n) is 5.84. The minimum Gasteiger partial charge on any atom is -0.309 e. The predicted octanol–water partition coefficient (Wildman–Crippen LogP) is 3.86. The molecule has 2 saturated carbocycles. The van der Waals surface area contributed by atoms with Crippen molar-refractivity contribution < 1.29 is 0 Å². The van der Waals surface area contributed by atoms with Crippen LogP contribution < -0.4 is 5.32 Å². The summed E-state index contributed by atoms with van der Waals surface area (Å²) >= 11 is 0. The summed E-state index contributed by atoms with van der Waals surface area (Å²) < 4.78 is 0. The number of nitrogens with one attached hydrogen (secondary N) is 1. The van der Waals surface area contributed by atoms with Crippen molar-refractivity contribution in [3.05, 3.63) is 35.4 Å². The fourth-order valence-electron chi connectivity index (χ4n) is 4.78. The third-order valence-corrected chi connectivity index (χ3v) is 5.84. The van der Waals surface area contributed by atoms with Gasteiger partial charge >= 0.3 is 0 Å². The molecule has 3 rings (SSSR count). The number of benzene rings is 1. The zero-order valence-electron chi connectivity index (χ0n) is 12.7. The maximum Gasteiger partial charge on any atom is 0.0991 e. The largest absolute Gasteiger partial charge is 0.309 e. The Morgan fingerprint density at radius 2 is 2.15 bits per heavy atom. The van der Waals surface area contributed by atoms with Crippen molar-refractivity contribution in [1.29, 1.82) is 5.26 Å². The van der Waals surface area contributed by atoms with E-state index < -0.39 is 0 Å². The van der Waals surface area contributed by atoms with Gasteiger partial charge in [0.05, 0.1) is 11.6 Å². The summed E-state index contributed by atoms with van der Waals surface area (Å²) in [6.45, 7) is 8.16. The lowest BCUT2D eigenvalue weighted by molar-refractivity contribution is 0.108. The van der Waals surface area contributed by atoms with Crippen LogP contribution >= 0.6 is 0 Å². The van der Waals surface area contributed by atoms with Crippen LogP contribution in [0, 0.1) is 28.1 Å². The summed E-state index contributed by atoms with van der Waals surface area (Å²) in [6, 6.07) is 10.7. The molecule has 0 aromatic heterocycles. The van der Waals surface area contributed by atoms with E-state index in [0.717, 1.165) is 18.0 Å². The van der Waals surface area contributed by atoms with Crippen molar-refractivity contribution >= 4 is 0 Å². The van der Waals surface area contributed by atoms with E-state index in [9.17, 15) is 0 Å². The quantitative estimate of drug-likeness (QED) is 0.903. The minimum absolute atomic E-state index is 0.389. The van der Waals surface area contributed by atoms with Gasteiger partial charge in [0.2, 0.25) is 0 Å². The zero-order valence-corrected chi connectivity index (χ0v) is 12.7. The molecule has 0 aliphatic heterocycles. The van der Waals surface area contributed by atoms with E-state index in [4.69, 9.17) is 5.26 Å². The summed E-state index contributed by atoms with van der Waals surface area (Å²) in [5, 5.41) is 12.8. The van der Waals surface area contributed by atoms with Crippen molar-refractivity contribution in [1.82, 2.24) is 5.32 Å². The molecule has 0 radical (unpaired) electrons. The van der Waals surface area contributed by atoms with Crippen LogP contribution in [0.15, 0.2) is 24.3 Å². The standard InChI is InChI=1S/C18H24N2/c1-17(2)15-7-8-18(3,10-15)16(17)20-12-14-6-4-5-13(9-14)11-19/h4-6,9,15-16,20H,7-8,10,12H2,1-3H3/t15-,16?,18+/m0/s1. The summed E-state index contributed by atoms with van der Waals surface area (Å²) in [5.74, 6) is 0.871. The second-order valence-electron chi connectivity index (χ2n) is 7.54. The molecule has 20 heavy (non-hydrogen) atoms. The number of hydrogen-bond acceptors (Lipinski definition) is 2. The molecule has 2 heteroatoms. The Labute approximate surface area is 122 Å². The van der Waals surface area contributed by atoms with Gasteiger partial charge in [0.1, 0.15) is 0 Å². The minimum atomic E-state index is 0.389. The van der Waals surface area contributed by atoms with Gasteiger partial charge in [-0.3, -0.25) is 0 Å². The van der Waals surface area contributed by atoms with Crippen molar-refractivity contribution in [3.63, 3.8) is 0 Å². The van der Waals surface area contributed by atoms with E-state index in [1.165, 1.54) is 24.8 Å². The molecular weight excluding hydrogens is 244 g/mol. The van der Waals surface area contributed by atoms with Crippen LogP contribution in [0.4, 0.5) is 0 Å². The highest BCUT2D eigenvalue weighted by molar-refractivity contribution is 5.32. The van der Waals surface area contributed by atoms with E-state index in [0.29, 0.717) is 16.9 Å². The Balaban J connectivity index is 1.73. The summed E-state index contributed by atoms with van der Waals surface area (Å²) in [7, 11) is 0. The van der Waals surface area contributed by atoms with Gasteiger partial charge in [-0.15, -0.1) is 0 Å². The van der Waals surface area contributed by atoms with Gasteiger partial charge < -0.3 is 5.32 Å². The first-order valence-corrected chi connectivity index (χ1v) is 7.68. The van der Waals surface area contributed by atoms with E-state index in [1.54, 1.807) is 0 Å². The maximum atomic E-state index is 8.98. The Hall–Kier alpha value is -1.33. The Morgan fingerprint density at radius 1 is 1.35 bits per heavy atom. The molecule has 2 bridgehead atoms. The molecule has 2 nitrogen and oxygen atoms in total. The smallest absolute Gasteiger partial charge is 0.0991 e. The molecule has 1 unspecified atom stereocenters. The Bertz CT molecular complexity index is 550. The number of nitriles is 1. The number of fused-ring (bicyclic) bond motifs is 2. The van der Waals surface area contributed by atoms with Gasteiger partial charge in [-0.25, -0.2) is 0 Å². The van der Waals surface area contributed by atoms with Crippen molar-refractivity contribution in [2.45, 2.75) is 52.6 Å². The average Bonchev–Trinajstić information content (AvgIpc) is 2.89. The van der Waals surface area contributed by atoms with Gasteiger partial charge in [-0.05, 0) is 53.7 Å². The highest BCUT2D eigenvalue weighted by atomic mass is 15.0. The van der Waals surface area contributed by atoms with Crippen molar-refractivity contribution in [2.24, 2.45) is 16.7 Å². The first kappa shape index (κ1) is 13.6. The highest BCUT2D eigenvalue weighted by Crippen LogP contribution is 2.62. The van der Waals surface area contributed by atoms with Crippen LogP contribution in [-0.2, 0) is 6.54 Å². The van der Waals surface area contributed by atoms with Gasteiger partial charge in [0.25, 0.3) is 0 Å². The average molecular weight is 268 g/mol. The second-order valence-corrected chi connectivity index (χ2v) is 7.54. The SMILES string of the molecule is CC1(C)C(NCc2cccc(C#N)c2)[C@]2(C)CC[C@H]1C2. The van der Waals surface area contributed by atoms with Gasteiger partial charge in [0, 0.05) is 12.6 Å². The van der Waals surface area contributed by atoms with Crippen LogP contribution in [0.3, 0.4) is 0 Å². The molecule has 3 atom stereocenters. The van der Waals surface area contributed by atoms with Gasteiger partial charge in [-0.2, -0.15) is 5.26 Å². The topological polar surface area (TPSA) is 35.8 Å². The predicted molar refractivity (Wildman–Crippen MR) is 81.0 cm³/mol. The van der Waals surface area contributed by atoms with Gasteiger partial charge in [0.15, 0.2) is 0 Å². The molecule has 1 aromatic rings. The van der Waals surface area contributed by atoms with Crippen molar-refractivity contribution in [3.8, 4) is 6.07 Å². The molecule has 0 spiro atoms. The normalized spacial score (nSPS) is 34.1. The molecule has 1 N–H and O–H groups in total. The first-order valence-electron chi connectivity index (χ1n) is 7.68. The summed E-state index contributed by atoms with van der Waals surface area (Å²) in [4.78, 5) is 0. The van der Waals surface area contributed by atoms with E-state index in [2.05, 4.69) is 38.2 Å². The Kier molecular flexibility index (Phi) is 3.14.